The van der Waals surface area contributed by atoms with Gasteiger partial charge in [-0.25, -0.2) is 8.42 Å². The van der Waals surface area contributed by atoms with E-state index in [1.165, 1.54) is 4.31 Å². The Hall–Kier alpha value is -2.11. The Morgan fingerprint density at radius 3 is 2.46 bits per heavy atom. The average molecular weight is 405 g/mol. The van der Waals surface area contributed by atoms with Gasteiger partial charge < -0.3 is 10.6 Å². The highest BCUT2D eigenvalue weighted by Crippen LogP contribution is 2.27. The number of carbonyl (C=O) groups is 1. The zero-order chi connectivity index (χ0) is 20.0. The first-order valence-corrected chi connectivity index (χ1v) is 11.5. The van der Waals surface area contributed by atoms with Crippen LogP contribution in [-0.2, 0) is 14.8 Å². The van der Waals surface area contributed by atoms with Crippen molar-refractivity contribution in [3.05, 3.63) is 24.3 Å². The molecule has 1 saturated heterocycles. The van der Waals surface area contributed by atoms with Gasteiger partial charge in [0.2, 0.25) is 15.9 Å². The first-order valence-electron chi connectivity index (χ1n) is 10.0. The van der Waals surface area contributed by atoms with Gasteiger partial charge in [-0.05, 0) is 43.9 Å². The Balaban J connectivity index is 1.61. The first kappa shape index (κ1) is 20.6. The van der Waals surface area contributed by atoms with E-state index in [0.717, 1.165) is 38.5 Å². The number of rotatable bonds is 6. The van der Waals surface area contributed by atoms with Crippen molar-refractivity contribution in [2.45, 2.75) is 61.8 Å². The number of nitriles is 1. The van der Waals surface area contributed by atoms with Gasteiger partial charge in [-0.15, -0.1) is 0 Å². The summed E-state index contributed by atoms with van der Waals surface area (Å²) in [7, 11) is -3.51. The fourth-order valence-electron chi connectivity index (χ4n) is 3.93. The van der Waals surface area contributed by atoms with E-state index in [1.807, 2.05) is 0 Å². The minimum absolute atomic E-state index is 0.00333. The molecule has 2 N–H and O–H groups in total. The van der Waals surface area contributed by atoms with Crippen LogP contribution in [0.15, 0.2) is 29.2 Å². The molecule has 0 atom stereocenters. The lowest BCUT2D eigenvalue weighted by atomic mass is 9.83. The van der Waals surface area contributed by atoms with Crippen molar-refractivity contribution < 1.29 is 13.2 Å². The second-order valence-corrected chi connectivity index (χ2v) is 9.59. The van der Waals surface area contributed by atoms with E-state index in [0.29, 0.717) is 31.6 Å². The van der Waals surface area contributed by atoms with Crippen molar-refractivity contribution in [1.29, 1.82) is 5.26 Å². The van der Waals surface area contributed by atoms with Gasteiger partial charge in [-0.3, -0.25) is 4.79 Å². The molecule has 1 saturated carbocycles. The van der Waals surface area contributed by atoms with Crippen LogP contribution in [0.4, 0.5) is 5.69 Å². The standard InChI is InChI=1S/C20H28N4O3S/c21-16-20(10-3-1-4-11-20)23-19(25)15-22-17-8-7-9-18(14-17)28(26,27)24-12-5-2-6-13-24/h7-9,14,22H,1-6,10-13,15H2,(H,23,25). The lowest BCUT2D eigenvalue weighted by Crippen LogP contribution is -2.50. The summed E-state index contributed by atoms with van der Waals surface area (Å²) in [6.07, 6.45) is 7.17. The van der Waals surface area contributed by atoms with Crippen molar-refractivity contribution in [3.8, 4) is 6.07 Å². The van der Waals surface area contributed by atoms with Gasteiger partial charge in [0.15, 0.2) is 0 Å². The van der Waals surface area contributed by atoms with Crippen molar-refractivity contribution in [2.75, 3.05) is 25.0 Å². The SMILES string of the molecule is N#CC1(NC(=O)CNc2cccc(S(=O)(=O)N3CCCCC3)c2)CCCCC1. The summed E-state index contributed by atoms with van der Waals surface area (Å²) >= 11 is 0. The lowest BCUT2D eigenvalue weighted by molar-refractivity contribution is -0.121. The number of amides is 1. The number of piperidine rings is 1. The Kier molecular flexibility index (Phi) is 6.57. The maximum atomic E-state index is 12.8. The van der Waals surface area contributed by atoms with E-state index in [9.17, 15) is 18.5 Å². The summed E-state index contributed by atoms with van der Waals surface area (Å²) in [5, 5.41) is 15.3. The van der Waals surface area contributed by atoms with Crippen LogP contribution in [0.1, 0.15) is 51.4 Å². The molecule has 1 aliphatic heterocycles. The topological polar surface area (TPSA) is 102 Å². The number of nitrogens with zero attached hydrogens (tertiary/aromatic N) is 2. The Morgan fingerprint density at radius 2 is 1.79 bits per heavy atom. The largest absolute Gasteiger partial charge is 0.376 e. The summed E-state index contributed by atoms with van der Waals surface area (Å²) < 4.78 is 27.1. The first-order chi connectivity index (χ1) is 13.5. The summed E-state index contributed by atoms with van der Waals surface area (Å²) in [5.41, 5.74) is -0.195. The number of sulfonamides is 1. The van der Waals surface area contributed by atoms with Crippen LogP contribution in [0.3, 0.4) is 0 Å². The van der Waals surface area contributed by atoms with E-state index < -0.39 is 15.6 Å². The van der Waals surface area contributed by atoms with E-state index >= 15 is 0 Å². The van der Waals surface area contributed by atoms with Crippen LogP contribution < -0.4 is 10.6 Å². The fourth-order valence-corrected chi connectivity index (χ4v) is 5.50. The zero-order valence-electron chi connectivity index (χ0n) is 16.1. The zero-order valence-corrected chi connectivity index (χ0v) is 16.9. The molecule has 3 rings (SSSR count). The van der Waals surface area contributed by atoms with Crippen LogP contribution >= 0.6 is 0 Å². The molecule has 152 valence electrons. The molecule has 0 unspecified atom stereocenters. The number of benzene rings is 1. The molecule has 0 spiro atoms. The van der Waals surface area contributed by atoms with Crippen molar-refractivity contribution >= 4 is 21.6 Å². The van der Waals surface area contributed by atoms with E-state index in [1.54, 1.807) is 24.3 Å². The molecule has 28 heavy (non-hydrogen) atoms. The van der Waals surface area contributed by atoms with Crippen LogP contribution in [0.2, 0.25) is 0 Å². The maximum absolute atomic E-state index is 12.8. The van der Waals surface area contributed by atoms with Gasteiger partial charge in [0.1, 0.15) is 5.54 Å². The summed E-state index contributed by atoms with van der Waals surface area (Å²) in [5.74, 6) is -0.257. The van der Waals surface area contributed by atoms with Gasteiger partial charge in [0.05, 0.1) is 17.5 Å². The number of hydrogen-bond donors (Lipinski definition) is 2. The van der Waals surface area contributed by atoms with Gasteiger partial charge in [-0.1, -0.05) is 31.7 Å². The molecule has 1 aromatic carbocycles. The molecule has 1 amide bonds. The van der Waals surface area contributed by atoms with Gasteiger partial charge in [0.25, 0.3) is 0 Å². The molecule has 1 aliphatic carbocycles. The molecule has 7 nitrogen and oxygen atoms in total. The summed E-state index contributed by atoms with van der Waals surface area (Å²) in [4.78, 5) is 12.6. The van der Waals surface area contributed by atoms with Crippen LogP contribution in [0, 0.1) is 11.3 Å². The Morgan fingerprint density at radius 1 is 1.11 bits per heavy atom. The van der Waals surface area contributed by atoms with Gasteiger partial charge >= 0.3 is 0 Å². The van der Waals surface area contributed by atoms with E-state index in [-0.39, 0.29) is 17.3 Å². The fraction of sp³-hybridized carbons (Fsp3) is 0.600. The Bertz CT molecular complexity index is 835. The molecule has 2 fully saturated rings. The molecule has 8 heteroatoms. The Labute approximate surface area is 167 Å². The van der Waals surface area contributed by atoms with Crippen molar-refractivity contribution in [2.24, 2.45) is 0 Å². The number of anilines is 1. The predicted molar refractivity (Wildman–Crippen MR) is 107 cm³/mol. The average Bonchev–Trinajstić information content (AvgIpc) is 2.74. The third-order valence-corrected chi connectivity index (χ3v) is 7.43. The smallest absolute Gasteiger partial charge is 0.243 e. The quantitative estimate of drug-likeness (QED) is 0.759. The molecule has 0 bridgehead atoms. The highest BCUT2D eigenvalue weighted by atomic mass is 32.2. The maximum Gasteiger partial charge on any atom is 0.243 e. The third-order valence-electron chi connectivity index (χ3n) is 5.54. The lowest BCUT2D eigenvalue weighted by Gasteiger charge is -2.31. The van der Waals surface area contributed by atoms with Gasteiger partial charge in [0, 0.05) is 18.8 Å². The normalized spacial score (nSPS) is 20.1. The highest BCUT2D eigenvalue weighted by molar-refractivity contribution is 7.89. The minimum Gasteiger partial charge on any atom is -0.376 e. The molecular formula is C20H28N4O3S. The monoisotopic (exact) mass is 404 g/mol. The predicted octanol–water partition coefficient (Wildman–Crippen LogP) is 2.62. The number of hydrogen-bond acceptors (Lipinski definition) is 5. The van der Waals surface area contributed by atoms with E-state index in [4.69, 9.17) is 0 Å². The minimum atomic E-state index is -3.51. The van der Waals surface area contributed by atoms with Gasteiger partial charge in [-0.2, -0.15) is 9.57 Å². The molecule has 1 heterocycles. The molecular weight excluding hydrogens is 376 g/mol. The van der Waals surface area contributed by atoms with Crippen LogP contribution in [0.5, 0.6) is 0 Å². The number of carbonyl (C=O) groups excluding carboxylic acids is 1. The van der Waals surface area contributed by atoms with Crippen LogP contribution in [0.25, 0.3) is 0 Å². The number of nitrogens with one attached hydrogen (secondary N) is 2. The summed E-state index contributed by atoms with van der Waals surface area (Å²) in [6.45, 7) is 1.11. The molecule has 1 aromatic rings. The van der Waals surface area contributed by atoms with Crippen molar-refractivity contribution in [1.82, 2.24) is 9.62 Å². The molecule has 0 radical (unpaired) electrons. The molecule has 0 aromatic heterocycles. The van der Waals surface area contributed by atoms with Crippen LogP contribution in [-0.4, -0.2) is 43.8 Å². The van der Waals surface area contributed by atoms with Crippen molar-refractivity contribution in [3.63, 3.8) is 0 Å². The molecule has 2 aliphatic rings. The third kappa shape index (κ3) is 4.83. The summed E-state index contributed by atoms with van der Waals surface area (Å²) in [6, 6.07) is 8.83. The second-order valence-electron chi connectivity index (χ2n) is 7.65. The van der Waals surface area contributed by atoms with E-state index in [2.05, 4.69) is 16.7 Å². The highest BCUT2D eigenvalue weighted by Gasteiger charge is 2.33. The second kappa shape index (κ2) is 8.93.